The second-order valence-electron chi connectivity index (χ2n) is 6.57. The number of carbonyl (C=O) groups is 1. The fourth-order valence-electron chi connectivity index (χ4n) is 2.86. The van der Waals surface area contributed by atoms with Gasteiger partial charge in [-0.2, -0.15) is 4.31 Å². The number of alkyl halides is 2. The topological polar surface area (TPSA) is 86.7 Å². The number of amides is 1. The van der Waals surface area contributed by atoms with Crippen LogP contribution in [0.25, 0.3) is 0 Å². The normalized spacial score (nSPS) is 22.7. The lowest BCUT2D eigenvalue weighted by Crippen LogP contribution is -2.53. The Morgan fingerprint density at radius 3 is 2.17 bits per heavy atom. The fraction of sp³-hybridized carbons (Fsp3) is 0.278. The number of nitrogens with zero attached hydrogens (tertiary/aromatic N) is 1. The van der Waals surface area contributed by atoms with E-state index in [2.05, 4.69) is 5.32 Å². The number of hydrogen-bond acceptors (Lipinski definition) is 4. The van der Waals surface area contributed by atoms with Gasteiger partial charge in [0, 0.05) is 30.4 Å². The first-order chi connectivity index (χ1) is 14.0. The van der Waals surface area contributed by atoms with Crippen LogP contribution >= 0.6 is 0 Å². The summed E-state index contributed by atoms with van der Waals surface area (Å²) in [4.78, 5) is 11.3. The zero-order valence-corrected chi connectivity index (χ0v) is 15.8. The number of nitrogens with one attached hydrogen (secondary N) is 1. The van der Waals surface area contributed by atoms with Gasteiger partial charge in [0.25, 0.3) is 5.91 Å². The second-order valence-corrected chi connectivity index (χ2v) is 8.48. The van der Waals surface area contributed by atoms with Crippen LogP contribution in [0.2, 0.25) is 0 Å². The Morgan fingerprint density at radius 1 is 0.967 bits per heavy atom. The molecule has 0 radical (unpaired) electrons. The van der Waals surface area contributed by atoms with Crippen molar-refractivity contribution in [2.75, 3.05) is 18.4 Å². The van der Waals surface area contributed by atoms with E-state index in [1.54, 1.807) is 0 Å². The van der Waals surface area contributed by atoms with Crippen molar-refractivity contribution in [3.8, 4) is 0 Å². The molecule has 1 aliphatic heterocycles. The van der Waals surface area contributed by atoms with Gasteiger partial charge in [-0.1, -0.05) is 0 Å². The standard InChI is InChI=1S/C18H15F5N2O4S/c19-11-4-2-10(6-13(11)21)24-18(27)9-1-3-12(20)16(5-9)30(28,29)25-7-14(22)17(26)15(23)8-25/h1-6,14-15,17,26H,7-8H2,(H,24,27). The summed E-state index contributed by atoms with van der Waals surface area (Å²) in [5.74, 6) is -4.61. The van der Waals surface area contributed by atoms with Crippen LogP contribution in [0.4, 0.5) is 27.6 Å². The molecule has 0 aliphatic carbocycles. The molecule has 1 aliphatic rings. The first-order valence-electron chi connectivity index (χ1n) is 8.53. The van der Waals surface area contributed by atoms with Crippen LogP contribution in [-0.2, 0) is 10.0 Å². The Hall–Kier alpha value is -2.57. The van der Waals surface area contributed by atoms with Gasteiger partial charge in [0.2, 0.25) is 10.0 Å². The Balaban J connectivity index is 1.89. The number of hydrogen-bond donors (Lipinski definition) is 2. The number of benzene rings is 2. The maximum atomic E-state index is 14.2. The Labute approximate surface area is 168 Å². The number of sulfonamides is 1. The summed E-state index contributed by atoms with van der Waals surface area (Å²) in [5, 5.41) is 11.5. The highest BCUT2D eigenvalue weighted by atomic mass is 32.2. The molecule has 2 unspecified atom stereocenters. The number of halogens is 5. The molecule has 1 fully saturated rings. The van der Waals surface area contributed by atoms with Gasteiger partial charge in [0.05, 0.1) is 0 Å². The average Bonchev–Trinajstić information content (AvgIpc) is 2.68. The highest BCUT2D eigenvalue weighted by molar-refractivity contribution is 7.89. The fourth-order valence-corrected chi connectivity index (χ4v) is 4.41. The number of piperidine rings is 1. The van der Waals surface area contributed by atoms with Crippen molar-refractivity contribution in [1.29, 1.82) is 0 Å². The summed E-state index contributed by atoms with van der Waals surface area (Å²) >= 11 is 0. The molecule has 2 N–H and O–H groups in total. The largest absolute Gasteiger partial charge is 0.387 e. The van der Waals surface area contributed by atoms with Crippen molar-refractivity contribution in [3.63, 3.8) is 0 Å². The molecule has 1 saturated heterocycles. The van der Waals surface area contributed by atoms with E-state index in [1.165, 1.54) is 0 Å². The van der Waals surface area contributed by atoms with Crippen molar-refractivity contribution in [2.45, 2.75) is 23.3 Å². The van der Waals surface area contributed by atoms with Gasteiger partial charge in [-0.05, 0) is 30.3 Å². The minimum absolute atomic E-state index is 0.141. The van der Waals surface area contributed by atoms with E-state index in [0.29, 0.717) is 22.5 Å². The maximum absolute atomic E-state index is 14.2. The van der Waals surface area contributed by atoms with Crippen molar-refractivity contribution in [3.05, 3.63) is 59.4 Å². The second kappa shape index (κ2) is 8.28. The van der Waals surface area contributed by atoms with Crippen LogP contribution < -0.4 is 5.32 Å². The summed E-state index contributed by atoms with van der Waals surface area (Å²) in [6.45, 7) is -1.79. The predicted octanol–water partition coefficient (Wildman–Crippen LogP) is 2.40. The van der Waals surface area contributed by atoms with Gasteiger partial charge in [-0.15, -0.1) is 0 Å². The van der Waals surface area contributed by atoms with Crippen LogP contribution in [0.1, 0.15) is 10.4 Å². The van der Waals surface area contributed by atoms with E-state index < -0.39 is 69.8 Å². The predicted molar refractivity (Wildman–Crippen MR) is 95.3 cm³/mol. The van der Waals surface area contributed by atoms with E-state index in [-0.39, 0.29) is 11.3 Å². The van der Waals surface area contributed by atoms with Gasteiger partial charge >= 0.3 is 0 Å². The molecule has 6 nitrogen and oxygen atoms in total. The number of anilines is 1. The molecule has 12 heteroatoms. The van der Waals surface area contributed by atoms with Crippen LogP contribution in [0, 0.1) is 17.5 Å². The quantitative estimate of drug-likeness (QED) is 0.701. The van der Waals surface area contributed by atoms with Gasteiger partial charge in [0.15, 0.2) is 11.6 Å². The third-order valence-corrected chi connectivity index (χ3v) is 6.33. The van der Waals surface area contributed by atoms with E-state index in [4.69, 9.17) is 0 Å². The first-order valence-corrected chi connectivity index (χ1v) is 9.97. The van der Waals surface area contributed by atoms with Crippen LogP contribution in [0.15, 0.2) is 41.3 Å². The molecule has 1 heterocycles. The third kappa shape index (κ3) is 4.30. The van der Waals surface area contributed by atoms with Crippen LogP contribution in [-0.4, -0.2) is 55.3 Å². The van der Waals surface area contributed by atoms with Crippen molar-refractivity contribution in [1.82, 2.24) is 4.31 Å². The summed E-state index contributed by atoms with van der Waals surface area (Å²) in [7, 11) is -4.75. The van der Waals surface area contributed by atoms with Crippen molar-refractivity contribution < 1.29 is 40.3 Å². The summed E-state index contributed by atoms with van der Waals surface area (Å²) in [6, 6.07) is 4.78. The zero-order chi connectivity index (χ0) is 22.2. The molecule has 0 aromatic heterocycles. The van der Waals surface area contributed by atoms with E-state index in [9.17, 15) is 40.3 Å². The monoisotopic (exact) mass is 450 g/mol. The van der Waals surface area contributed by atoms with Gasteiger partial charge < -0.3 is 10.4 Å². The maximum Gasteiger partial charge on any atom is 0.255 e. The number of rotatable bonds is 4. The molecular formula is C18H15F5N2O4S. The summed E-state index contributed by atoms with van der Waals surface area (Å²) in [6.07, 6.45) is -6.44. The minimum Gasteiger partial charge on any atom is -0.387 e. The smallest absolute Gasteiger partial charge is 0.255 e. The molecule has 0 spiro atoms. The molecule has 1 amide bonds. The van der Waals surface area contributed by atoms with Gasteiger partial charge in [0.1, 0.15) is 29.2 Å². The van der Waals surface area contributed by atoms with Gasteiger partial charge in [-0.3, -0.25) is 4.79 Å². The molecule has 0 saturated carbocycles. The highest BCUT2D eigenvalue weighted by Crippen LogP contribution is 2.27. The Bertz CT molecular complexity index is 1070. The SMILES string of the molecule is O=C(Nc1ccc(F)c(F)c1)c1ccc(F)c(S(=O)(=O)N2CC(F)C(O)C(F)C2)c1. The molecule has 2 atom stereocenters. The lowest BCUT2D eigenvalue weighted by molar-refractivity contribution is -0.0291. The van der Waals surface area contributed by atoms with Crippen molar-refractivity contribution >= 4 is 21.6 Å². The molecule has 0 bridgehead atoms. The number of aliphatic hydroxyl groups is 1. The lowest BCUT2D eigenvalue weighted by Gasteiger charge is -2.33. The first kappa shape index (κ1) is 22.1. The molecule has 2 aromatic rings. The minimum atomic E-state index is -4.75. The average molecular weight is 450 g/mol. The number of aliphatic hydroxyl groups excluding tert-OH is 1. The Morgan fingerprint density at radius 2 is 1.57 bits per heavy atom. The number of carbonyl (C=O) groups excluding carboxylic acids is 1. The molecule has 2 aromatic carbocycles. The van der Waals surface area contributed by atoms with E-state index in [1.807, 2.05) is 0 Å². The summed E-state index contributed by atoms with van der Waals surface area (Å²) < 4.78 is 93.6. The summed E-state index contributed by atoms with van der Waals surface area (Å²) in [5.41, 5.74) is -0.497. The molecule has 162 valence electrons. The lowest BCUT2D eigenvalue weighted by atomic mass is 10.1. The van der Waals surface area contributed by atoms with Gasteiger partial charge in [-0.25, -0.2) is 30.4 Å². The van der Waals surface area contributed by atoms with E-state index in [0.717, 1.165) is 18.2 Å². The third-order valence-electron chi connectivity index (χ3n) is 4.49. The van der Waals surface area contributed by atoms with Crippen LogP contribution in [0.5, 0.6) is 0 Å². The zero-order valence-electron chi connectivity index (χ0n) is 15.0. The van der Waals surface area contributed by atoms with E-state index >= 15 is 0 Å². The Kier molecular flexibility index (Phi) is 6.11. The molecular weight excluding hydrogens is 435 g/mol. The van der Waals surface area contributed by atoms with Crippen molar-refractivity contribution in [2.24, 2.45) is 0 Å². The molecule has 3 rings (SSSR count). The van der Waals surface area contributed by atoms with Crippen LogP contribution in [0.3, 0.4) is 0 Å². The highest BCUT2D eigenvalue weighted by Gasteiger charge is 2.42. The molecule has 30 heavy (non-hydrogen) atoms.